The summed E-state index contributed by atoms with van der Waals surface area (Å²) in [6, 6.07) is 13.5. The molecule has 0 aliphatic carbocycles. The summed E-state index contributed by atoms with van der Waals surface area (Å²) in [5, 5.41) is 3.18. The summed E-state index contributed by atoms with van der Waals surface area (Å²) >= 11 is 6.09. The Morgan fingerprint density at radius 3 is 2.43 bits per heavy atom. The highest BCUT2D eigenvalue weighted by Crippen LogP contribution is 2.23. The van der Waals surface area contributed by atoms with E-state index in [1.54, 1.807) is 45.4 Å². The van der Waals surface area contributed by atoms with Crippen LogP contribution in [0.25, 0.3) is 0 Å². The number of hydrogen-bond acceptors (Lipinski definition) is 5. The minimum absolute atomic E-state index is 0.240. The molecule has 0 saturated carbocycles. The number of para-hydroxylation sites is 1. The number of amides is 2. The van der Waals surface area contributed by atoms with Gasteiger partial charge in [-0.25, -0.2) is 0 Å². The predicted octanol–water partition coefficient (Wildman–Crippen LogP) is 2.91. The largest absolute Gasteiger partial charge is 0.497 e. The molecule has 0 heterocycles. The van der Waals surface area contributed by atoms with Crippen molar-refractivity contribution in [1.82, 2.24) is 10.2 Å². The van der Waals surface area contributed by atoms with E-state index in [2.05, 4.69) is 5.32 Å². The molecule has 0 fully saturated rings. The second kappa shape index (κ2) is 12.0. The number of rotatable bonds is 11. The van der Waals surface area contributed by atoms with Crippen LogP contribution in [-0.2, 0) is 20.9 Å². The quantitative estimate of drug-likeness (QED) is 0.550. The average molecular weight is 435 g/mol. The minimum Gasteiger partial charge on any atom is -0.497 e. The van der Waals surface area contributed by atoms with E-state index < -0.39 is 6.04 Å². The zero-order chi connectivity index (χ0) is 21.9. The SMILES string of the molecule is COCCNC(=O)C(C)N(Cc1ccc(OC)cc1)C(=O)COc1ccccc1Cl. The molecule has 1 N–H and O–H groups in total. The molecule has 30 heavy (non-hydrogen) atoms. The van der Waals surface area contributed by atoms with E-state index in [1.165, 1.54) is 4.90 Å². The van der Waals surface area contributed by atoms with Gasteiger partial charge in [0, 0.05) is 20.2 Å². The zero-order valence-corrected chi connectivity index (χ0v) is 18.1. The normalized spacial score (nSPS) is 11.5. The fraction of sp³-hybridized carbons (Fsp3) is 0.364. The van der Waals surface area contributed by atoms with Gasteiger partial charge in [0.2, 0.25) is 5.91 Å². The number of ether oxygens (including phenoxy) is 3. The third-order valence-corrected chi connectivity index (χ3v) is 4.78. The molecule has 0 aliphatic rings. The highest BCUT2D eigenvalue weighted by molar-refractivity contribution is 6.32. The number of hydrogen-bond donors (Lipinski definition) is 1. The van der Waals surface area contributed by atoms with Gasteiger partial charge < -0.3 is 24.4 Å². The fourth-order valence-corrected chi connectivity index (χ4v) is 2.91. The number of carbonyl (C=O) groups excluding carboxylic acids is 2. The number of benzene rings is 2. The molecule has 8 heteroatoms. The lowest BCUT2D eigenvalue weighted by Crippen LogP contribution is -2.49. The van der Waals surface area contributed by atoms with E-state index in [0.29, 0.717) is 29.7 Å². The Morgan fingerprint density at radius 2 is 1.80 bits per heavy atom. The summed E-state index contributed by atoms with van der Waals surface area (Å²) in [6.07, 6.45) is 0. The van der Waals surface area contributed by atoms with Gasteiger partial charge in [-0.1, -0.05) is 35.9 Å². The van der Waals surface area contributed by atoms with Crippen LogP contribution in [0.4, 0.5) is 0 Å². The molecule has 2 rings (SSSR count). The molecular weight excluding hydrogens is 408 g/mol. The number of halogens is 1. The van der Waals surface area contributed by atoms with Crippen molar-refractivity contribution in [1.29, 1.82) is 0 Å². The van der Waals surface area contributed by atoms with E-state index in [-0.39, 0.29) is 25.0 Å². The van der Waals surface area contributed by atoms with Crippen molar-refractivity contribution in [2.75, 3.05) is 34.0 Å². The summed E-state index contributed by atoms with van der Waals surface area (Å²) in [6.45, 7) is 2.43. The molecule has 2 amide bonds. The third-order valence-electron chi connectivity index (χ3n) is 4.47. The van der Waals surface area contributed by atoms with Gasteiger partial charge in [-0.3, -0.25) is 9.59 Å². The zero-order valence-electron chi connectivity index (χ0n) is 17.4. The number of methoxy groups -OCH3 is 2. The van der Waals surface area contributed by atoms with Gasteiger partial charge in [0.1, 0.15) is 17.5 Å². The van der Waals surface area contributed by atoms with Crippen LogP contribution in [0.3, 0.4) is 0 Å². The second-order valence-corrected chi connectivity index (χ2v) is 6.96. The Kier molecular flexibility index (Phi) is 9.44. The molecule has 0 bridgehead atoms. The first kappa shape index (κ1) is 23.5. The standard InChI is InChI=1S/C22H27ClN2O5/c1-16(22(27)24-12-13-28-2)25(14-17-8-10-18(29-3)11-9-17)21(26)15-30-20-7-5-4-6-19(20)23/h4-11,16H,12-15H2,1-3H3,(H,24,27). The third kappa shape index (κ3) is 6.93. The van der Waals surface area contributed by atoms with Crippen molar-refractivity contribution in [2.45, 2.75) is 19.5 Å². The predicted molar refractivity (Wildman–Crippen MR) is 115 cm³/mol. The lowest BCUT2D eigenvalue weighted by atomic mass is 10.1. The Hall–Kier alpha value is -2.77. The van der Waals surface area contributed by atoms with Gasteiger partial charge >= 0.3 is 0 Å². The topological polar surface area (TPSA) is 77.1 Å². The molecular formula is C22H27ClN2O5. The summed E-state index contributed by atoms with van der Waals surface area (Å²) in [7, 11) is 3.14. The molecule has 2 aromatic rings. The number of nitrogens with zero attached hydrogens (tertiary/aromatic N) is 1. The Bertz CT molecular complexity index is 829. The highest BCUT2D eigenvalue weighted by Gasteiger charge is 2.26. The number of nitrogens with one attached hydrogen (secondary N) is 1. The van der Waals surface area contributed by atoms with Gasteiger partial charge in [0.25, 0.3) is 5.91 Å². The van der Waals surface area contributed by atoms with Gasteiger partial charge in [0.05, 0.1) is 18.7 Å². The van der Waals surface area contributed by atoms with Crippen LogP contribution in [0.2, 0.25) is 5.02 Å². The molecule has 0 radical (unpaired) electrons. The Balaban J connectivity index is 2.12. The lowest BCUT2D eigenvalue weighted by molar-refractivity contribution is -0.142. The van der Waals surface area contributed by atoms with Crippen molar-refractivity contribution in [3.63, 3.8) is 0 Å². The van der Waals surface area contributed by atoms with E-state index in [4.69, 9.17) is 25.8 Å². The summed E-state index contributed by atoms with van der Waals surface area (Å²) in [5.41, 5.74) is 0.860. The maximum atomic E-state index is 13.0. The maximum absolute atomic E-state index is 13.0. The molecule has 2 aromatic carbocycles. The van der Waals surface area contributed by atoms with Crippen molar-refractivity contribution >= 4 is 23.4 Å². The van der Waals surface area contributed by atoms with Crippen molar-refractivity contribution in [2.24, 2.45) is 0 Å². The number of carbonyl (C=O) groups is 2. The van der Waals surface area contributed by atoms with Gasteiger partial charge in [-0.15, -0.1) is 0 Å². The van der Waals surface area contributed by atoms with Crippen LogP contribution >= 0.6 is 11.6 Å². The van der Waals surface area contributed by atoms with Crippen LogP contribution in [-0.4, -0.2) is 56.7 Å². The fourth-order valence-electron chi connectivity index (χ4n) is 2.72. The first-order valence-electron chi connectivity index (χ1n) is 9.52. The molecule has 0 aliphatic heterocycles. The van der Waals surface area contributed by atoms with Crippen LogP contribution in [0.1, 0.15) is 12.5 Å². The molecule has 0 saturated heterocycles. The summed E-state index contributed by atoms with van der Waals surface area (Å²) < 4.78 is 15.7. The van der Waals surface area contributed by atoms with Gasteiger partial charge in [-0.05, 0) is 36.8 Å². The van der Waals surface area contributed by atoms with Gasteiger partial charge in [-0.2, -0.15) is 0 Å². The van der Waals surface area contributed by atoms with Crippen LogP contribution in [0.15, 0.2) is 48.5 Å². The van der Waals surface area contributed by atoms with Crippen LogP contribution in [0, 0.1) is 0 Å². The molecule has 162 valence electrons. The molecule has 0 spiro atoms. The highest BCUT2D eigenvalue weighted by atomic mass is 35.5. The molecule has 0 aromatic heterocycles. The minimum atomic E-state index is -0.702. The van der Waals surface area contributed by atoms with Crippen molar-refractivity contribution in [3.8, 4) is 11.5 Å². The second-order valence-electron chi connectivity index (χ2n) is 6.55. The first-order chi connectivity index (χ1) is 14.5. The first-order valence-corrected chi connectivity index (χ1v) is 9.90. The molecule has 1 atom stereocenters. The van der Waals surface area contributed by atoms with Crippen molar-refractivity contribution in [3.05, 3.63) is 59.1 Å². The summed E-state index contributed by atoms with van der Waals surface area (Å²) in [5.74, 6) is 0.518. The Morgan fingerprint density at radius 1 is 1.10 bits per heavy atom. The average Bonchev–Trinajstić information content (AvgIpc) is 2.76. The van der Waals surface area contributed by atoms with E-state index in [9.17, 15) is 9.59 Å². The lowest BCUT2D eigenvalue weighted by Gasteiger charge is -2.28. The van der Waals surface area contributed by atoms with E-state index >= 15 is 0 Å². The molecule has 1 unspecified atom stereocenters. The van der Waals surface area contributed by atoms with Crippen molar-refractivity contribution < 1.29 is 23.8 Å². The summed E-state index contributed by atoms with van der Waals surface area (Å²) in [4.78, 5) is 27.0. The monoisotopic (exact) mass is 434 g/mol. The smallest absolute Gasteiger partial charge is 0.261 e. The van der Waals surface area contributed by atoms with E-state index in [1.807, 2.05) is 24.3 Å². The molecule has 7 nitrogen and oxygen atoms in total. The van der Waals surface area contributed by atoms with Gasteiger partial charge in [0.15, 0.2) is 6.61 Å². The Labute approximate surface area is 181 Å². The van der Waals surface area contributed by atoms with E-state index in [0.717, 1.165) is 5.56 Å². The maximum Gasteiger partial charge on any atom is 0.261 e. The van der Waals surface area contributed by atoms with Crippen LogP contribution in [0.5, 0.6) is 11.5 Å². The van der Waals surface area contributed by atoms with Crippen LogP contribution < -0.4 is 14.8 Å².